The van der Waals surface area contributed by atoms with Gasteiger partial charge in [-0.3, -0.25) is 19.0 Å². The molecule has 2 amide bonds. The minimum absolute atomic E-state index is 0.160. The highest BCUT2D eigenvalue weighted by atomic mass is 16.2. The Morgan fingerprint density at radius 1 is 0.865 bits per heavy atom. The molecule has 0 saturated heterocycles. The standard InChI is InChI=1S/C30H32N4O3/c1-5-20-11-10-12-21(6-2)28(20)33-27(36)18-34-25-14-9-8-13-24(25)32-29(30(34)37)22-17-19(4)15-16-23(22)31-26(35)7-3/h8-17H,5-7,18H2,1-4H3,(H,31,35)(H,33,36). The summed E-state index contributed by atoms with van der Waals surface area (Å²) in [7, 11) is 0. The number of fused-ring (bicyclic) bond motifs is 1. The van der Waals surface area contributed by atoms with E-state index in [0.29, 0.717) is 28.7 Å². The molecule has 0 bridgehead atoms. The van der Waals surface area contributed by atoms with Gasteiger partial charge in [-0.25, -0.2) is 4.98 Å². The van der Waals surface area contributed by atoms with Crippen LogP contribution in [0.15, 0.2) is 65.5 Å². The number of nitrogens with zero attached hydrogens (tertiary/aromatic N) is 2. The quantitative estimate of drug-likeness (QED) is 0.338. The van der Waals surface area contributed by atoms with Gasteiger partial charge >= 0.3 is 0 Å². The van der Waals surface area contributed by atoms with E-state index in [2.05, 4.69) is 15.6 Å². The van der Waals surface area contributed by atoms with Crippen LogP contribution in [-0.4, -0.2) is 21.4 Å². The molecule has 7 heteroatoms. The van der Waals surface area contributed by atoms with Gasteiger partial charge in [-0.2, -0.15) is 0 Å². The molecule has 0 saturated carbocycles. The van der Waals surface area contributed by atoms with Crippen molar-refractivity contribution in [2.24, 2.45) is 0 Å². The zero-order valence-corrected chi connectivity index (χ0v) is 21.7. The first-order valence-corrected chi connectivity index (χ1v) is 12.7. The summed E-state index contributed by atoms with van der Waals surface area (Å²) < 4.78 is 1.46. The second-order valence-electron chi connectivity index (χ2n) is 9.00. The van der Waals surface area contributed by atoms with Gasteiger partial charge in [-0.1, -0.05) is 62.7 Å². The van der Waals surface area contributed by atoms with Crippen molar-refractivity contribution >= 4 is 34.2 Å². The number of carbonyl (C=O) groups excluding carboxylic acids is 2. The molecule has 1 aromatic heterocycles. The summed E-state index contributed by atoms with van der Waals surface area (Å²) in [5, 5.41) is 5.93. The number of hydrogen-bond acceptors (Lipinski definition) is 4. The molecule has 190 valence electrons. The fourth-order valence-electron chi connectivity index (χ4n) is 4.45. The maximum atomic E-state index is 13.8. The van der Waals surface area contributed by atoms with E-state index < -0.39 is 5.56 Å². The van der Waals surface area contributed by atoms with Crippen LogP contribution in [0.3, 0.4) is 0 Å². The second kappa shape index (κ2) is 11.2. The summed E-state index contributed by atoms with van der Waals surface area (Å²) in [6, 6.07) is 18.8. The van der Waals surface area contributed by atoms with Crippen LogP contribution >= 0.6 is 0 Å². The van der Waals surface area contributed by atoms with Gasteiger partial charge in [0.2, 0.25) is 11.8 Å². The van der Waals surface area contributed by atoms with Gasteiger partial charge in [0.1, 0.15) is 12.2 Å². The van der Waals surface area contributed by atoms with Gasteiger partial charge in [-0.05, 0) is 55.2 Å². The van der Waals surface area contributed by atoms with Gasteiger partial charge in [0, 0.05) is 17.7 Å². The summed E-state index contributed by atoms with van der Waals surface area (Å²) in [5.74, 6) is -0.448. The summed E-state index contributed by atoms with van der Waals surface area (Å²) in [6.07, 6.45) is 1.87. The van der Waals surface area contributed by atoms with E-state index in [1.807, 2.05) is 69.3 Å². The third kappa shape index (κ3) is 5.45. The highest BCUT2D eigenvalue weighted by molar-refractivity contribution is 5.96. The smallest absolute Gasteiger partial charge is 0.278 e. The largest absolute Gasteiger partial charge is 0.325 e. The van der Waals surface area contributed by atoms with Crippen LogP contribution in [0.2, 0.25) is 0 Å². The Balaban J connectivity index is 1.82. The van der Waals surface area contributed by atoms with Crippen molar-refractivity contribution in [1.82, 2.24) is 9.55 Å². The summed E-state index contributed by atoms with van der Waals surface area (Å²) in [5.41, 5.74) is 5.82. The fourth-order valence-corrected chi connectivity index (χ4v) is 4.45. The SMILES string of the molecule is CCC(=O)Nc1ccc(C)cc1-c1nc2ccccc2n(CC(=O)Nc2c(CC)cccc2CC)c1=O. The number of nitrogens with one attached hydrogen (secondary N) is 2. The van der Waals surface area contributed by atoms with Gasteiger partial charge in [-0.15, -0.1) is 0 Å². The first kappa shape index (κ1) is 25.8. The molecule has 0 aliphatic rings. The topological polar surface area (TPSA) is 93.1 Å². The average Bonchev–Trinajstić information content (AvgIpc) is 2.91. The molecule has 0 aliphatic carbocycles. The molecule has 4 rings (SSSR count). The molecule has 1 heterocycles. The fraction of sp³-hybridized carbons (Fsp3) is 0.267. The number of anilines is 2. The summed E-state index contributed by atoms with van der Waals surface area (Å²) in [6.45, 7) is 7.61. The number of aromatic nitrogens is 2. The van der Waals surface area contributed by atoms with E-state index >= 15 is 0 Å². The minimum Gasteiger partial charge on any atom is -0.325 e. The number of para-hydroxylation sites is 3. The van der Waals surface area contributed by atoms with E-state index in [1.54, 1.807) is 19.1 Å². The maximum absolute atomic E-state index is 13.8. The predicted octanol–water partition coefficient (Wildman–Crippen LogP) is 5.48. The molecule has 0 radical (unpaired) electrons. The molecule has 0 aliphatic heterocycles. The lowest BCUT2D eigenvalue weighted by Crippen LogP contribution is -2.30. The van der Waals surface area contributed by atoms with Crippen molar-refractivity contribution < 1.29 is 9.59 Å². The maximum Gasteiger partial charge on any atom is 0.278 e. The Morgan fingerprint density at radius 3 is 2.24 bits per heavy atom. The number of hydrogen-bond donors (Lipinski definition) is 2. The predicted molar refractivity (Wildman–Crippen MR) is 149 cm³/mol. The van der Waals surface area contributed by atoms with Crippen molar-refractivity contribution in [1.29, 1.82) is 0 Å². The molecule has 0 fully saturated rings. The Hall–Kier alpha value is -4.26. The number of aryl methyl sites for hydroxylation is 3. The Kier molecular flexibility index (Phi) is 7.82. The molecule has 0 spiro atoms. The third-order valence-corrected chi connectivity index (χ3v) is 6.44. The zero-order chi connectivity index (χ0) is 26.5. The van der Waals surface area contributed by atoms with Crippen LogP contribution in [-0.2, 0) is 29.0 Å². The second-order valence-corrected chi connectivity index (χ2v) is 9.00. The highest BCUT2D eigenvalue weighted by Crippen LogP contribution is 2.28. The molecular formula is C30H32N4O3. The molecule has 4 aromatic rings. The molecule has 7 nitrogen and oxygen atoms in total. The molecule has 3 aromatic carbocycles. The Morgan fingerprint density at radius 2 is 1.57 bits per heavy atom. The van der Waals surface area contributed by atoms with Crippen molar-refractivity contribution in [3.8, 4) is 11.3 Å². The lowest BCUT2D eigenvalue weighted by molar-refractivity contribution is -0.117. The lowest BCUT2D eigenvalue weighted by Gasteiger charge is -2.17. The van der Waals surface area contributed by atoms with E-state index in [4.69, 9.17) is 0 Å². The van der Waals surface area contributed by atoms with Crippen molar-refractivity contribution in [2.75, 3.05) is 10.6 Å². The van der Waals surface area contributed by atoms with Gasteiger partial charge < -0.3 is 10.6 Å². The van der Waals surface area contributed by atoms with Gasteiger partial charge in [0.25, 0.3) is 5.56 Å². The van der Waals surface area contributed by atoms with E-state index in [-0.39, 0.29) is 24.1 Å². The zero-order valence-electron chi connectivity index (χ0n) is 21.7. The van der Waals surface area contributed by atoms with Crippen LogP contribution in [0.1, 0.15) is 43.9 Å². The van der Waals surface area contributed by atoms with Crippen molar-refractivity contribution in [2.45, 2.75) is 53.5 Å². The number of rotatable bonds is 8. The molecule has 0 atom stereocenters. The van der Waals surface area contributed by atoms with Gasteiger partial charge in [0.05, 0.1) is 16.7 Å². The van der Waals surface area contributed by atoms with Gasteiger partial charge in [0.15, 0.2) is 0 Å². The Bertz CT molecular complexity index is 1520. The summed E-state index contributed by atoms with van der Waals surface area (Å²) in [4.78, 5) is 44.0. The monoisotopic (exact) mass is 496 g/mol. The number of carbonyl (C=O) groups is 2. The van der Waals surface area contributed by atoms with E-state index in [9.17, 15) is 14.4 Å². The number of benzene rings is 3. The van der Waals surface area contributed by atoms with Crippen LogP contribution in [0.4, 0.5) is 11.4 Å². The van der Waals surface area contributed by atoms with E-state index in [0.717, 1.165) is 35.2 Å². The molecule has 2 N–H and O–H groups in total. The van der Waals surface area contributed by atoms with Crippen LogP contribution in [0, 0.1) is 6.92 Å². The molecular weight excluding hydrogens is 464 g/mol. The van der Waals surface area contributed by atoms with Crippen molar-refractivity contribution in [3.05, 3.63) is 87.7 Å². The van der Waals surface area contributed by atoms with E-state index in [1.165, 1.54) is 4.57 Å². The lowest BCUT2D eigenvalue weighted by atomic mass is 10.0. The van der Waals surface area contributed by atoms with Crippen LogP contribution in [0.25, 0.3) is 22.3 Å². The molecule has 0 unspecified atom stereocenters. The first-order chi connectivity index (χ1) is 17.9. The Labute approximate surface area is 216 Å². The average molecular weight is 497 g/mol. The number of amides is 2. The summed E-state index contributed by atoms with van der Waals surface area (Å²) >= 11 is 0. The third-order valence-electron chi connectivity index (χ3n) is 6.44. The van der Waals surface area contributed by atoms with Crippen molar-refractivity contribution in [3.63, 3.8) is 0 Å². The first-order valence-electron chi connectivity index (χ1n) is 12.7. The van der Waals surface area contributed by atoms with Crippen LogP contribution < -0.4 is 16.2 Å². The molecule has 37 heavy (non-hydrogen) atoms. The highest BCUT2D eigenvalue weighted by Gasteiger charge is 2.19. The normalized spacial score (nSPS) is 10.9. The van der Waals surface area contributed by atoms with Crippen LogP contribution in [0.5, 0.6) is 0 Å². The minimum atomic E-state index is -0.397.